The van der Waals surface area contributed by atoms with Crippen molar-refractivity contribution in [3.63, 3.8) is 0 Å². The summed E-state index contributed by atoms with van der Waals surface area (Å²) in [6.07, 6.45) is 4.73. The van der Waals surface area contributed by atoms with E-state index in [4.69, 9.17) is 14.3 Å². The Bertz CT molecular complexity index is 1210. The van der Waals surface area contributed by atoms with E-state index >= 15 is 0 Å². The number of nitrogens with one attached hydrogen (secondary N) is 1. The van der Waals surface area contributed by atoms with Gasteiger partial charge in [0.05, 0.1) is 17.9 Å². The summed E-state index contributed by atoms with van der Waals surface area (Å²) in [7, 11) is 2.03. The molecule has 1 fully saturated rings. The van der Waals surface area contributed by atoms with Crippen LogP contribution in [0.25, 0.3) is 10.3 Å². The summed E-state index contributed by atoms with van der Waals surface area (Å²) in [6, 6.07) is 10.5. The topological polar surface area (TPSA) is 112 Å². The Labute approximate surface area is 210 Å². The van der Waals surface area contributed by atoms with Crippen LogP contribution in [0.4, 0.5) is 5.13 Å². The van der Waals surface area contributed by atoms with Gasteiger partial charge in [0.25, 0.3) is 5.91 Å². The molecule has 0 spiro atoms. The van der Waals surface area contributed by atoms with E-state index in [-0.39, 0.29) is 11.8 Å². The predicted octanol–water partition coefficient (Wildman–Crippen LogP) is 4.15. The number of thiazole rings is 1. The van der Waals surface area contributed by atoms with E-state index in [1.165, 1.54) is 11.3 Å². The number of amides is 1. The second-order valence-electron chi connectivity index (χ2n) is 8.02. The van der Waals surface area contributed by atoms with Gasteiger partial charge in [-0.25, -0.2) is 9.97 Å². The van der Waals surface area contributed by atoms with Gasteiger partial charge < -0.3 is 14.3 Å². The number of ether oxygens (including phenoxy) is 2. The van der Waals surface area contributed by atoms with Crippen LogP contribution in [-0.4, -0.2) is 58.5 Å². The molecule has 2 heterocycles. The Kier molecular flexibility index (Phi) is 8.78. The molecule has 0 bridgehead atoms. The molecule has 1 aromatic carbocycles. The van der Waals surface area contributed by atoms with Crippen LogP contribution < -0.4 is 10.1 Å². The van der Waals surface area contributed by atoms with Crippen molar-refractivity contribution >= 4 is 49.2 Å². The average molecular weight is 517 g/mol. The zero-order valence-electron chi connectivity index (χ0n) is 19.7. The number of anilines is 1. The van der Waals surface area contributed by atoms with Crippen LogP contribution in [-0.2, 0) is 25.2 Å². The number of hydrogen-bond acceptors (Lipinski definition) is 9. The van der Waals surface area contributed by atoms with Crippen molar-refractivity contribution < 1.29 is 23.3 Å². The van der Waals surface area contributed by atoms with Gasteiger partial charge in [0.15, 0.2) is 10.8 Å². The summed E-state index contributed by atoms with van der Waals surface area (Å²) >= 11 is 1.25. The Morgan fingerprint density at radius 1 is 1.14 bits per heavy atom. The van der Waals surface area contributed by atoms with Gasteiger partial charge in [0.1, 0.15) is 16.5 Å². The van der Waals surface area contributed by atoms with E-state index in [1.807, 2.05) is 0 Å². The Balaban J connectivity index is 1.53. The highest BCUT2D eigenvalue weighted by Gasteiger charge is 2.21. The molecule has 2 aromatic heterocycles. The van der Waals surface area contributed by atoms with Gasteiger partial charge >= 0.3 is 0 Å². The zero-order valence-corrected chi connectivity index (χ0v) is 21.3. The first-order valence-electron chi connectivity index (χ1n) is 11.4. The molecule has 1 aliphatic rings. The number of aromatic nitrogens is 2. The maximum Gasteiger partial charge on any atom is 0.280 e. The minimum Gasteiger partial charge on any atom is -0.481 e. The van der Waals surface area contributed by atoms with Gasteiger partial charge in [-0.15, -0.1) is 0 Å². The van der Waals surface area contributed by atoms with Crippen molar-refractivity contribution in [2.24, 2.45) is 5.16 Å². The molecule has 1 unspecified atom stereocenters. The third kappa shape index (κ3) is 6.62. The lowest BCUT2D eigenvalue weighted by Crippen LogP contribution is -2.25. The number of methoxy groups -OCH3 is 2. The minimum absolute atomic E-state index is 0.00415. The number of carbonyl (C=O) groups is 1. The largest absolute Gasteiger partial charge is 0.481 e. The molecule has 1 atom stereocenters. The maximum atomic E-state index is 13.2. The highest BCUT2D eigenvalue weighted by Crippen LogP contribution is 2.27. The van der Waals surface area contributed by atoms with E-state index in [2.05, 4.69) is 20.4 Å². The quantitative estimate of drug-likeness (QED) is 0.231. The highest BCUT2D eigenvalue weighted by atomic mass is 32.2. The van der Waals surface area contributed by atoms with E-state index < -0.39 is 16.7 Å². The highest BCUT2D eigenvalue weighted by molar-refractivity contribution is 7.85. The monoisotopic (exact) mass is 516 g/mol. The van der Waals surface area contributed by atoms with Crippen molar-refractivity contribution in [1.82, 2.24) is 9.97 Å². The standard InChI is InChI=1S/C24H28N4O5S2/c1-31-14-5-15-35(30)18-10-8-16(9-11-18)21(28-33-17-6-3-4-7-17)22(29)27-24-25-19-12-13-20(32-2)26-23(19)34-24/h8-13,17H,3-7,14-15H2,1-2H3,(H,25,27,29)/b28-21+. The lowest BCUT2D eigenvalue weighted by Gasteiger charge is -2.11. The number of hydrogen-bond donors (Lipinski definition) is 1. The van der Waals surface area contributed by atoms with Crippen molar-refractivity contribution in [3.8, 4) is 5.88 Å². The van der Waals surface area contributed by atoms with E-state index in [0.29, 0.717) is 50.6 Å². The smallest absolute Gasteiger partial charge is 0.280 e. The first kappa shape index (κ1) is 25.2. The van der Waals surface area contributed by atoms with Crippen LogP contribution >= 0.6 is 11.3 Å². The van der Waals surface area contributed by atoms with E-state index in [9.17, 15) is 9.00 Å². The van der Waals surface area contributed by atoms with Gasteiger partial charge in [-0.2, -0.15) is 0 Å². The molecule has 1 N–H and O–H groups in total. The van der Waals surface area contributed by atoms with Crippen molar-refractivity contribution in [2.75, 3.05) is 31.9 Å². The van der Waals surface area contributed by atoms with Crippen LogP contribution in [0.5, 0.6) is 5.88 Å². The number of nitrogens with zero attached hydrogens (tertiary/aromatic N) is 3. The number of pyridine rings is 1. The summed E-state index contributed by atoms with van der Waals surface area (Å²) < 4.78 is 22.7. The third-order valence-electron chi connectivity index (χ3n) is 5.54. The SMILES string of the molecule is COCCCS(=O)c1ccc(/C(=N\OC2CCCC2)C(=O)Nc2nc3ccc(OC)nc3s2)cc1. The first-order chi connectivity index (χ1) is 17.1. The molecular formula is C24H28N4O5S2. The first-order valence-corrected chi connectivity index (χ1v) is 13.6. The fourth-order valence-corrected chi connectivity index (χ4v) is 5.57. The summed E-state index contributed by atoms with van der Waals surface area (Å²) in [6.45, 7) is 0.563. The number of carbonyl (C=O) groups excluding carboxylic acids is 1. The number of fused-ring (bicyclic) bond motifs is 1. The Morgan fingerprint density at radius 2 is 1.91 bits per heavy atom. The van der Waals surface area contributed by atoms with Gasteiger partial charge in [-0.05, 0) is 50.3 Å². The molecule has 1 aliphatic carbocycles. The lowest BCUT2D eigenvalue weighted by molar-refractivity contribution is -0.110. The third-order valence-corrected chi connectivity index (χ3v) is 7.88. The summed E-state index contributed by atoms with van der Waals surface area (Å²) in [5, 5.41) is 7.46. The Hall–Kier alpha value is -2.89. The molecule has 3 aromatic rings. The molecule has 4 rings (SSSR count). The van der Waals surface area contributed by atoms with E-state index in [0.717, 1.165) is 25.7 Å². The molecule has 0 radical (unpaired) electrons. The van der Waals surface area contributed by atoms with E-state index in [1.54, 1.807) is 50.6 Å². The summed E-state index contributed by atoms with van der Waals surface area (Å²) in [4.78, 5) is 29.1. The molecule has 9 nitrogen and oxygen atoms in total. The molecule has 35 heavy (non-hydrogen) atoms. The predicted molar refractivity (Wildman–Crippen MR) is 137 cm³/mol. The molecule has 186 valence electrons. The molecule has 1 saturated carbocycles. The molecule has 0 saturated heterocycles. The van der Waals surface area contributed by atoms with Crippen LogP contribution in [0.3, 0.4) is 0 Å². The normalized spacial score (nSPS) is 15.3. The van der Waals surface area contributed by atoms with Gasteiger partial charge in [-0.1, -0.05) is 28.6 Å². The maximum absolute atomic E-state index is 13.2. The molecule has 0 aliphatic heterocycles. The molecular weight excluding hydrogens is 488 g/mol. The van der Waals surface area contributed by atoms with Crippen LogP contribution in [0.1, 0.15) is 37.7 Å². The Morgan fingerprint density at radius 3 is 2.63 bits per heavy atom. The second kappa shape index (κ2) is 12.2. The van der Waals surface area contributed by atoms with Crippen molar-refractivity contribution in [2.45, 2.75) is 43.1 Å². The van der Waals surface area contributed by atoms with Crippen molar-refractivity contribution in [1.29, 1.82) is 0 Å². The number of benzene rings is 1. The summed E-state index contributed by atoms with van der Waals surface area (Å²) in [5.41, 5.74) is 1.37. The average Bonchev–Trinajstić information content (AvgIpc) is 3.53. The van der Waals surface area contributed by atoms with Gasteiger partial charge in [-0.3, -0.25) is 14.3 Å². The van der Waals surface area contributed by atoms with Crippen LogP contribution in [0, 0.1) is 0 Å². The van der Waals surface area contributed by atoms with Crippen LogP contribution in [0.2, 0.25) is 0 Å². The van der Waals surface area contributed by atoms with Crippen molar-refractivity contribution in [3.05, 3.63) is 42.0 Å². The van der Waals surface area contributed by atoms with Gasteiger partial charge in [0.2, 0.25) is 5.88 Å². The second-order valence-corrected chi connectivity index (χ2v) is 10.6. The fourth-order valence-electron chi connectivity index (χ4n) is 3.69. The number of oxime groups is 1. The lowest BCUT2D eigenvalue weighted by atomic mass is 10.1. The fraction of sp³-hybridized carbons (Fsp3) is 0.417. The molecule has 1 amide bonds. The number of rotatable bonds is 11. The molecule has 11 heteroatoms. The van der Waals surface area contributed by atoms with Gasteiger partial charge in [0, 0.05) is 36.0 Å². The van der Waals surface area contributed by atoms with Crippen LogP contribution in [0.15, 0.2) is 46.4 Å². The summed E-state index contributed by atoms with van der Waals surface area (Å²) in [5.74, 6) is 0.546. The minimum atomic E-state index is -1.14. The zero-order chi connectivity index (χ0) is 24.6.